The van der Waals surface area contributed by atoms with Gasteiger partial charge in [0.25, 0.3) is 0 Å². The quantitative estimate of drug-likeness (QED) is 0.219. The molecule has 33 heavy (non-hydrogen) atoms. The molecule has 0 aliphatic carbocycles. The Kier molecular flexibility index (Phi) is 11.7. The molecular weight excluding hydrogens is 422 g/mol. The molecular formula is C25H43N3O5. The van der Waals surface area contributed by atoms with E-state index in [1.807, 2.05) is 13.8 Å². The van der Waals surface area contributed by atoms with Crippen molar-refractivity contribution in [3.63, 3.8) is 0 Å². The summed E-state index contributed by atoms with van der Waals surface area (Å²) >= 11 is 0. The highest BCUT2D eigenvalue weighted by atomic mass is 16.2. The molecule has 0 aromatic rings. The van der Waals surface area contributed by atoms with Crippen molar-refractivity contribution in [3.8, 4) is 0 Å². The molecule has 3 atom stereocenters. The van der Waals surface area contributed by atoms with Gasteiger partial charge in [0.1, 0.15) is 12.3 Å². The average Bonchev–Trinajstić information content (AvgIpc) is 3.04. The topological polar surface area (TPSA) is 113 Å². The number of amides is 4. The summed E-state index contributed by atoms with van der Waals surface area (Å²) in [5, 5.41) is 5.31. The Morgan fingerprint density at radius 1 is 1.09 bits per heavy atom. The van der Waals surface area contributed by atoms with Crippen molar-refractivity contribution < 1.29 is 24.0 Å². The summed E-state index contributed by atoms with van der Waals surface area (Å²) in [6.07, 6.45) is 6.19. The zero-order chi connectivity index (χ0) is 25.2. The fraction of sp³-hybridized carbons (Fsp3) is 0.800. The molecule has 0 aromatic carbocycles. The van der Waals surface area contributed by atoms with Crippen molar-refractivity contribution in [1.82, 2.24) is 15.5 Å². The van der Waals surface area contributed by atoms with Crippen LogP contribution in [0.15, 0.2) is 0 Å². The van der Waals surface area contributed by atoms with Gasteiger partial charge in [0.15, 0.2) is 0 Å². The van der Waals surface area contributed by atoms with Crippen molar-refractivity contribution in [2.75, 3.05) is 6.54 Å². The maximum absolute atomic E-state index is 12.8. The lowest BCUT2D eigenvalue weighted by molar-refractivity contribution is -0.140. The highest BCUT2D eigenvalue weighted by molar-refractivity contribution is 6.03. The number of carbonyl (C=O) groups excluding carboxylic acids is 5. The van der Waals surface area contributed by atoms with Gasteiger partial charge in [-0.3, -0.25) is 24.1 Å². The van der Waals surface area contributed by atoms with Gasteiger partial charge in [-0.15, -0.1) is 0 Å². The summed E-state index contributed by atoms with van der Waals surface area (Å²) in [6.45, 7) is 11.9. The number of nitrogens with zero attached hydrogens (tertiary/aromatic N) is 1. The standard InChI is InChI=1S/C25H43N3O5/c1-7-8-13-25(5,6)19-15-21(31)28(24(19)33)14-11-9-10-12-20(30)27-22(17(2)3)23(32)26-18(4)16-29/h16-19,22H,7-15H2,1-6H3,(H,26,32)(H,27,30)/t18-,19?,22?/m0/s1. The van der Waals surface area contributed by atoms with Crippen molar-refractivity contribution in [2.45, 2.75) is 105 Å². The Labute approximate surface area is 198 Å². The molecule has 0 radical (unpaired) electrons. The maximum Gasteiger partial charge on any atom is 0.243 e. The van der Waals surface area contributed by atoms with E-state index < -0.39 is 12.1 Å². The molecule has 0 bridgehead atoms. The van der Waals surface area contributed by atoms with Crippen LogP contribution >= 0.6 is 0 Å². The zero-order valence-electron chi connectivity index (χ0n) is 21.2. The molecule has 1 aliphatic heterocycles. The molecule has 1 saturated heterocycles. The van der Waals surface area contributed by atoms with Crippen molar-refractivity contribution in [1.29, 1.82) is 0 Å². The van der Waals surface area contributed by atoms with E-state index in [2.05, 4.69) is 31.4 Å². The zero-order valence-corrected chi connectivity index (χ0v) is 21.2. The number of imide groups is 1. The maximum atomic E-state index is 12.8. The fourth-order valence-corrected chi connectivity index (χ4v) is 4.20. The van der Waals surface area contributed by atoms with Crippen LogP contribution in [0.2, 0.25) is 0 Å². The van der Waals surface area contributed by atoms with Gasteiger partial charge in [0.2, 0.25) is 23.6 Å². The number of rotatable bonds is 15. The molecule has 8 nitrogen and oxygen atoms in total. The average molecular weight is 466 g/mol. The van der Waals surface area contributed by atoms with Gasteiger partial charge in [-0.25, -0.2) is 0 Å². The first-order chi connectivity index (χ1) is 15.4. The van der Waals surface area contributed by atoms with Crippen LogP contribution in [0.25, 0.3) is 0 Å². The largest absolute Gasteiger partial charge is 0.345 e. The molecule has 188 valence electrons. The molecule has 0 spiro atoms. The van der Waals surface area contributed by atoms with E-state index in [-0.39, 0.29) is 47.3 Å². The smallest absolute Gasteiger partial charge is 0.243 e. The SMILES string of the molecule is CCCCC(C)(C)C1CC(=O)N(CCCCCC(=O)NC(C(=O)N[C@@H](C)C=O)C(C)C)C1=O. The first kappa shape index (κ1) is 28.8. The van der Waals surface area contributed by atoms with Crippen LogP contribution in [-0.4, -0.2) is 53.4 Å². The Balaban J connectivity index is 2.43. The van der Waals surface area contributed by atoms with Gasteiger partial charge in [-0.1, -0.05) is 53.9 Å². The van der Waals surface area contributed by atoms with Gasteiger partial charge in [0.05, 0.1) is 12.0 Å². The second-order valence-electron chi connectivity index (χ2n) is 10.3. The van der Waals surface area contributed by atoms with Crippen LogP contribution in [0.3, 0.4) is 0 Å². The summed E-state index contributed by atoms with van der Waals surface area (Å²) in [5.74, 6) is -1.12. The number of hydrogen-bond donors (Lipinski definition) is 2. The third kappa shape index (κ3) is 8.89. The summed E-state index contributed by atoms with van der Waals surface area (Å²) in [4.78, 5) is 62.0. The van der Waals surface area contributed by atoms with E-state index in [0.717, 1.165) is 19.3 Å². The first-order valence-corrected chi connectivity index (χ1v) is 12.3. The molecule has 2 N–H and O–H groups in total. The second-order valence-corrected chi connectivity index (χ2v) is 10.3. The molecule has 1 heterocycles. The molecule has 0 saturated carbocycles. The molecule has 1 fully saturated rings. The number of carbonyl (C=O) groups is 5. The van der Waals surface area contributed by atoms with E-state index in [1.54, 1.807) is 6.92 Å². The van der Waals surface area contributed by atoms with Crippen LogP contribution in [0.1, 0.15) is 92.9 Å². The van der Waals surface area contributed by atoms with Crippen LogP contribution in [0.5, 0.6) is 0 Å². The highest BCUT2D eigenvalue weighted by Crippen LogP contribution is 2.39. The molecule has 1 rings (SSSR count). The summed E-state index contributed by atoms with van der Waals surface area (Å²) in [5.41, 5.74) is -0.182. The molecule has 8 heteroatoms. The van der Waals surface area contributed by atoms with Gasteiger partial charge < -0.3 is 15.4 Å². The second kappa shape index (κ2) is 13.5. The predicted molar refractivity (Wildman–Crippen MR) is 127 cm³/mol. The van der Waals surface area contributed by atoms with Gasteiger partial charge in [0, 0.05) is 19.4 Å². The minimum Gasteiger partial charge on any atom is -0.345 e. The Morgan fingerprint density at radius 3 is 2.33 bits per heavy atom. The summed E-state index contributed by atoms with van der Waals surface area (Å²) in [7, 11) is 0. The van der Waals surface area contributed by atoms with E-state index >= 15 is 0 Å². The molecule has 1 aliphatic rings. The van der Waals surface area contributed by atoms with Gasteiger partial charge in [-0.05, 0) is 37.5 Å². The van der Waals surface area contributed by atoms with E-state index in [1.165, 1.54) is 4.90 Å². The number of unbranched alkanes of at least 4 members (excludes halogenated alkanes) is 3. The minimum absolute atomic E-state index is 0.0609. The predicted octanol–water partition coefficient (Wildman–Crippen LogP) is 2.98. The molecule has 2 unspecified atom stereocenters. The number of aldehydes is 1. The lowest BCUT2D eigenvalue weighted by atomic mass is 9.74. The number of likely N-dealkylation sites (tertiary alicyclic amines) is 1. The Morgan fingerprint density at radius 2 is 1.76 bits per heavy atom. The van der Waals surface area contributed by atoms with Crippen LogP contribution in [0.4, 0.5) is 0 Å². The monoisotopic (exact) mass is 465 g/mol. The lowest BCUT2D eigenvalue weighted by Crippen LogP contribution is -2.51. The molecule has 4 amide bonds. The summed E-state index contributed by atoms with van der Waals surface area (Å²) < 4.78 is 0. The van der Waals surface area contributed by atoms with E-state index in [9.17, 15) is 24.0 Å². The third-order valence-corrected chi connectivity index (χ3v) is 6.49. The minimum atomic E-state index is -0.701. The van der Waals surface area contributed by atoms with E-state index in [0.29, 0.717) is 38.5 Å². The van der Waals surface area contributed by atoms with Gasteiger partial charge >= 0.3 is 0 Å². The van der Waals surface area contributed by atoms with E-state index in [4.69, 9.17) is 0 Å². The fourth-order valence-electron chi connectivity index (χ4n) is 4.20. The number of hydrogen-bond acceptors (Lipinski definition) is 5. The third-order valence-electron chi connectivity index (χ3n) is 6.49. The Hall–Kier alpha value is -2.25. The van der Waals surface area contributed by atoms with Crippen molar-refractivity contribution in [3.05, 3.63) is 0 Å². The van der Waals surface area contributed by atoms with Crippen LogP contribution in [-0.2, 0) is 24.0 Å². The Bertz CT molecular complexity index is 704. The lowest BCUT2D eigenvalue weighted by Gasteiger charge is -2.30. The normalized spacial score (nSPS) is 18.4. The van der Waals surface area contributed by atoms with Crippen molar-refractivity contribution in [2.24, 2.45) is 17.3 Å². The van der Waals surface area contributed by atoms with Crippen molar-refractivity contribution >= 4 is 29.9 Å². The first-order valence-electron chi connectivity index (χ1n) is 12.3. The highest BCUT2D eigenvalue weighted by Gasteiger charge is 2.45. The van der Waals surface area contributed by atoms with Crippen LogP contribution < -0.4 is 10.6 Å². The van der Waals surface area contributed by atoms with Gasteiger partial charge in [-0.2, -0.15) is 0 Å². The summed E-state index contributed by atoms with van der Waals surface area (Å²) in [6, 6.07) is -1.31. The number of nitrogens with one attached hydrogen (secondary N) is 2. The van der Waals surface area contributed by atoms with Crippen LogP contribution in [0, 0.1) is 17.3 Å². The molecule has 0 aromatic heterocycles.